The van der Waals surface area contributed by atoms with Crippen LogP contribution in [-0.2, 0) is 4.79 Å². The van der Waals surface area contributed by atoms with Gasteiger partial charge in [-0.05, 0) is 48.4 Å². The van der Waals surface area contributed by atoms with Crippen LogP contribution >= 0.6 is 0 Å². The number of carbonyl (C=O) groups excluding carboxylic acids is 2. The monoisotopic (exact) mass is 485 g/mol. The van der Waals surface area contributed by atoms with Crippen molar-refractivity contribution in [1.29, 1.82) is 0 Å². The van der Waals surface area contributed by atoms with Gasteiger partial charge in [0.25, 0.3) is 5.91 Å². The molecule has 1 aromatic heterocycles. The summed E-state index contributed by atoms with van der Waals surface area (Å²) < 4.78 is 12.9. The van der Waals surface area contributed by atoms with Crippen LogP contribution in [0, 0.1) is 5.82 Å². The molecule has 3 aromatic rings. The SMILES string of the molecule is CC.CCC.CNC(=O)c1cc2ccc(-c3ccc(F)cc3)cc2[nH]1.NCC(=O)NC1CCNC1. The molecule has 7 nitrogen and oxygen atoms in total. The van der Waals surface area contributed by atoms with Crippen LogP contribution in [0.1, 0.15) is 51.0 Å². The summed E-state index contributed by atoms with van der Waals surface area (Å²) >= 11 is 0. The first-order valence-corrected chi connectivity index (χ1v) is 12.2. The number of hydrogen-bond acceptors (Lipinski definition) is 4. The Kier molecular flexibility index (Phi) is 14.0. The van der Waals surface area contributed by atoms with Crippen LogP contribution in [0.4, 0.5) is 4.39 Å². The molecule has 0 saturated carbocycles. The number of nitrogens with one attached hydrogen (secondary N) is 4. The molecule has 0 spiro atoms. The molecule has 1 atom stereocenters. The summed E-state index contributed by atoms with van der Waals surface area (Å²) in [5.41, 5.74) is 8.43. The van der Waals surface area contributed by atoms with Crippen LogP contribution in [0.3, 0.4) is 0 Å². The third kappa shape index (κ3) is 9.88. The molecule has 1 fully saturated rings. The van der Waals surface area contributed by atoms with Crippen molar-refractivity contribution in [3.05, 3.63) is 60.0 Å². The van der Waals surface area contributed by atoms with Crippen molar-refractivity contribution in [1.82, 2.24) is 20.9 Å². The molecular formula is C27H40FN5O2. The molecule has 4 rings (SSSR count). The first-order valence-electron chi connectivity index (χ1n) is 12.2. The molecule has 0 radical (unpaired) electrons. The van der Waals surface area contributed by atoms with Gasteiger partial charge in [0, 0.05) is 30.5 Å². The summed E-state index contributed by atoms with van der Waals surface area (Å²) in [7, 11) is 1.60. The van der Waals surface area contributed by atoms with Crippen LogP contribution in [-0.4, -0.2) is 49.5 Å². The van der Waals surface area contributed by atoms with Gasteiger partial charge in [0.1, 0.15) is 11.5 Å². The molecule has 2 aromatic carbocycles. The number of benzene rings is 2. The van der Waals surface area contributed by atoms with E-state index >= 15 is 0 Å². The van der Waals surface area contributed by atoms with Crippen molar-refractivity contribution >= 4 is 22.7 Å². The maximum Gasteiger partial charge on any atom is 0.267 e. The van der Waals surface area contributed by atoms with Crippen LogP contribution < -0.4 is 21.7 Å². The molecule has 1 aliphatic heterocycles. The first kappa shape index (κ1) is 29.8. The Hall–Kier alpha value is -3.23. The Morgan fingerprint density at radius 2 is 1.69 bits per heavy atom. The highest BCUT2D eigenvalue weighted by molar-refractivity contribution is 5.98. The third-order valence-electron chi connectivity index (χ3n) is 4.88. The highest BCUT2D eigenvalue weighted by atomic mass is 19.1. The number of carbonyl (C=O) groups is 2. The van der Waals surface area contributed by atoms with E-state index in [0.29, 0.717) is 11.7 Å². The maximum atomic E-state index is 12.9. The second-order valence-electron chi connectivity index (χ2n) is 7.74. The largest absolute Gasteiger partial charge is 0.354 e. The molecule has 192 valence electrons. The van der Waals surface area contributed by atoms with Gasteiger partial charge in [-0.1, -0.05) is 58.4 Å². The summed E-state index contributed by atoms with van der Waals surface area (Å²) in [6.45, 7) is 10.2. The fraction of sp³-hybridized carbons (Fsp3) is 0.407. The van der Waals surface area contributed by atoms with Gasteiger partial charge in [0.05, 0.1) is 6.54 Å². The highest BCUT2D eigenvalue weighted by Crippen LogP contribution is 2.25. The quantitative estimate of drug-likeness (QED) is 0.381. The summed E-state index contributed by atoms with van der Waals surface area (Å²) in [6.07, 6.45) is 2.27. The average molecular weight is 486 g/mol. The van der Waals surface area contributed by atoms with Gasteiger partial charge in [-0.3, -0.25) is 9.59 Å². The Morgan fingerprint density at radius 3 is 2.23 bits per heavy atom. The molecule has 35 heavy (non-hydrogen) atoms. The lowest BCUT2D eigenvalue weighted by atomic mass is 10.0. The molecule has 2 amide bonds. The van der Waals surface area contributed by atoms with E-state index in [1.54, 1.807) is 19.2 Å². The number of nitrogens with two attached hydrogens (primary N) is 1. The predicted molar refractivity (Wildman–Crippen MR) is 143 cm³/mol. The minimum atomic E-state index is -0.253. The minimum Gasteiger partial charge on any atom is -0.354 e. The fourth-order valence-electron chi connectivity index (χ4n) is 3.27. The number of aromatic nitrogens is 1. The highest BCUT2D eigenvalue weighted by Gasteiger charge is 2.15. The molecule has 1 unspecified atom stereocenters. The second-order valence-corrected chi connectivity index (χ2v) is 7.74. The number of aromatic amines is 1. The zero-order valence-corrected chi connectivity index (χ0v) is 21.5. The number of rotatable bonds is 4. The zero-order valence-electron chi connectivity index (χ0n) is 21.5. The standard InChI is InChI=1S/C16H13FN2O.C6H13N3O.C3H8.C2H6/c1-18-16(20)15-9-12-3-2-11(8-14(12)19-15)10-4-6-13(17)7-5-10;7-3-6(10)9-5-1-2-8-4-5;1-3-2;1-2/h2-9,19H,1H3,(H,18,20);5,8H,1-4,7H2,(H,9,10);3H2,1-2H3;1-2H3. The zero-order chi connectivity index (χ0) is 26.2. The molecule has 0 aliphatic carbocycles. The van der Waals surface area contributed by atoms with Crippen LogP contribution in [0.15, 0.2) is 48.5 Å². The summed E-state index contributed by atoms with van der Waals surface area (Å²) in [6, 6.07) is 14.3. The van der Waals surface area contributed by atoms with Crippen molar-refractivity contribution in [2.45, 2.75) is 46.6 Å². The van der Waals surface area contributed by atoms with Crippen LogP contribution in [0.25, 0.3) is 22.0 Å². The van der Waals surface area contributed by atoms with E-state index in [9.17, 15) is 14.0 Å². The lowest BCUT2D eigenvalue weighted by molar-refractivity contribution is -0.120. The Bertz CT molecular complexity index is 1030. The van der Waals surface area contributed by atoms with E-state index in [0.717, 1.165) is 41.5 Å². The smallest absolute Gasteiger partial charge is 0.267 e. The van der Waals surface area contributed by atoms with Gasteiger partial charge >= 0.3 is 0 Å². The number of hydrogen-bond donors (Lipinski definition) is 5. The number of halogens is 1. The fourth-order valence-corrected chi connectivity index (χ4v) is 3.27. The summed E-state index contributed by atoms with van der Waals surface area (Å²) in [4.78, 5) is 25.4. The average Bonchev–Trinajstić information content (AvgIpc) is 3.55. The van der Waals surface area contributed by atoms with Crippen molar-refractivity contribution in [3.63, 3.8) is 0 Å². The van der Waals surface area contributed by atoms with E-state index in [4.69, 9.17) is 5.73 Å². The summed E-state index contributed by atoms with van der Waals surface area (Å²) in [5.74, 6) is -0.463. The molecule has 0 bridgehead atoms. The molecule has 1 saturated heterocycles. The van der Waals surface area contributed by atoms with E-state index in [-0.39, 0.29) is 24.2 Å². The Balaban J connectivity index is 0.000000343. The second kappa shape index (κ2) is 16.4. The number of amides is 2. The Morgan fingerprint density at radius 1 is 1.06 bits per heavy atom. The van der Waals surface area contributed by atoms with Gasteiger partial charge in [0.15, 0.2) is 0 Å². The van der Waals surface area contributed by atoms with E-state index in [1.165, 1.54) is 18.6 Å². The normalized spacial score (nSPS) is 13.9. The van der Waals surface area contributed by atoms with Gasteiger partial charge in [-0.25, -0.2) is 4.39 Å². The van der Waals surface area contributed by atoms with Gasteiger partial charge in [-0.15, -0.1) is 0 Å². The van der Waals surface area contributed by atoms with Crippen molar-refractivity contribution in [2.24, 2.45) is 5.73 Å². The maximum absolute atomic E-state index is 12.9. The molecule has 1 aliphatic rings. The van der Waals surface area contributed by atoms with Gasteiger partial charge in [-0.2, -0.15) is 0 Å². The van der Waals surface area contributed by atoms with E-state index < -0.39 is 0 Å². The molecular weight excluding hydrogens is 445 g/mol. The third-order valence-corrected chi connectivity index (χ3v) is 4.88. The topological polar surface area (TPSA) is 112 Å². The van der Waals surface area contributed by atoms with Crippen LogP contribution in [0.2, 0.25) is 0 Å². The van der Waals surface area contributed by atoms with Crippen molar-refractivity contribution < 1.29 is 14.0 Å². The van der Waals surface area contributed by atoms with E-state index in [1.807, 2.05) is 38.1 Å². The van der Waals surface area contributed by atoms with Crippen LogP contribution in [0.5, 0.6) is 0 Å². The van der Waals surface area contributed by atoms with Gasteiger partial charge < -0.3 is 26.7 Å². The predicted octanol–water partition coefficient (Wildman–Crippen LogP) is 4.20. The molecule has 6 N–H and O–H groups in total. The van der Waals surface area contributed by atoms with Gasteiger partial charge in [0.2, 0.25) is 5.91 Å². The number of H-pyrrole nitrogens is 1. The van der Waals surface area contributed by atoms with E-state index in [2.05, 4.69) is 34.8 Å². The lowest BCUT2D eigenvalue weighted by Crippen LogP contribution is -2.39. The Labute approximate surface area is 208 Å². The van der Waals surface area contributed by atoms with Crippen molar-refractivity contribution in [3.8, 4) is 11.1 Å². The van der Waals surface area contributed by atoms with Crippen molar-refractivity contribution in [2.75, 3.05) is 26.7 Å². The lowest BCUT2D eigenvalue weighted by Gasteiger charge is -2.08. The summed E-state index contributed by atoms with van der Waals surface area (Å²) in [5, 5.41) is 9.50. The first-order chi connectivity index (χ1) is 16.9. The molecule has 2 heterocycles. The molecule has 8 heteroatoms. The minimum absolute atomic E-state index is 0.0614. The number of fused-ring (bicyclic) bond motifs is 1.